The molecule has 5 nitrogen and oxygen atoms in total. The van der Waals surface area contributed by atoms with Crippen molar-refractivity contribution in [2.45, 2.75) is 6.54 Å². The van der Waals surface area contributed by atoms with Gasteiger partial charge in [-0.3, -0.25) is 0 Å². The molecule has 1 aromatic heterocycles. The molecule has 0 saturated carbocycles. The van der Waals surface area contributed by atoms with Crippen molar-refractivity contribution in [3.8, 4) is 5.69 Å². The third-order valence-electron chi connectivity index (χ3n) is 2.10. The number of aromatic nitrogens is 3. The summed E-state index contributed by atoms with van der Waals surface area (Å²) in [6, 6.07) is 6.00. The van der Waals surface area contributed by atoms with Crippen molar-refractivity contribution in [1.29, 1.82) is 0 Å². The molecule has 0 aliphatic carbocycles. The number of nitrogens with zero attached hydrogens (tertiary/aromatic N) is 3. The standard InChI is InChI=1S/C10H11BrN4O/c1-16-14-5-8-2-3-10(9(11)4-8)15-7-12-6-13-15/h2-4,6-7,14H,5H2,1H3. The predicted molar refractivity (Wildman–Crippen MR) is 62.9 cm³/mol. The van der Waals surface area contributed by atoms with E-state index < -0.39 is 0 Å². The third-order valence-corrected chi connectivity index (χ3v) is 2.73. The highest BCUT2D eigenvalue weighted by molar-refractivity contribution is 9.10. The van der Waals surface area contributed by atoms with Gasteiger partial charge in [0.05, 0.1) is 12.8 Å². The molecular weight excluding hydrogens is 272 g/mol. The molecule has 84 valence electrons. The lowest BCUT2D eigenvalue weighted by Crippen LogP contribution is -2.10. The molecule has 0 aliphatic rings. The Labute approximate surface area is 102 Å². The van der Waals surface area contributed by atoms with E-state index in [-0.39, 0.29) is 0 Å². The Hall–Kier alpha value is -1.24. The van der Waals surface area contributed by atoms with Crippen LogP contribution in [0.5, 0.6) is 0 Å². The number of hydrogen-bond acceptors (Lipinski definition) is 4. The Morgan fingerprint density at radius 1 is 1.50 bits per heavy atom. The molecule has 16 heavy (non-hydrogen) atoms. The lowest BCUT2D eigenvalue weighted by atomic mass is 10.2. The lowest BCUT2D eigenvalue weighted by Gasteiger charge is -2.07. The fraction of sp³-hybridized carbons (Fsp3) is 0.200. The van der Waals surface area contributed by atoms with Gasteiger partial charge in [0.2, 0.25) is 0 Å². The average molecular weight is 283 g/mol. The Kier molecular flexibility index (Phi) is 3.66. The van der Waals surface area contributed by atoms with E-state index in [2.05, 4.69) is 31.5 Å². The molecule has 0 fully saturated rings. The van der Waals surface area contributed by atoms with Gasteiger partial charge < -0.3 is 4.84 Å². The first-order valence-electron chi connectivity index (χ1n) is 4.70. The normalized spacial score (nSPS) is 10.6. The van der Waals surface area contributed by atoms with Crippen LogP contribution in [0.4, 0.5) is 0 Å². The molecular formula is C10H11BrN4O. The van der Waals surface area contributed by atoms with Crippen molar-refractivity contribution in [2.75, 3.05) is 7.11 Å². The largest absolute Gasteiger partial charge is 0.305 e. The second-order valence-electron chi connectivity index (χ2n) is 3.15. The molecule has 0 spiro atoms. The van der Waals surface area contributed by atoms with Crippen molar-refractivity contribution in [2.24, 2.45) is 0 Å². The van der Waals surface area contributed by atoms with Gasteiger partial charge in [0.1, 0.15) is 12.7 Å². The zero-order valence-corrected chi connectivity index (χ0v) is 10.3. The van der Waals surface area contributed by atoms with Gasteiger partial charge in [-0.25, -0.2) is 9.67 Å². The van der Waals surface area contributed by atoms with E-state index in [1.54, 1.807) is 18.1 Å². The minimum atomic E-state index is 0.659. The van der Waals surface area contributed by atoms with Crippen molar-refractivity contribution in [3.63, 3.8) is 0 Å². The zero-order valence-electron chi connectivity index (χ0n) is 8.72. The predicted octanol–water partition coefficient (Wildman–Crippen LogP) is 1.68. The number of hydrogen-bond donors (Lipinski definition) is 1. The van der Waals surface area contributed by atoms with Crippen molar-refractivity contribution in [3.05, 3.63) is 40.9 Å². The van der Waals surface area contributed by atoms with Crippen molar-refractivity contribution < 1.29 is 4.84 Å². The smallest absolute Gasteiger partial charge is 0.138 e. The monoisotopic (exact) mass is 282 g/mol. The number of hydroxylamine groups is 1. The number of rotatable bonds is 4. The average Bonchev–Trinajstić information content (AvgIpc) is 2.80. The molecule has 0 aliphatic heterocycles. The highest BCUT2D eigenvalue weighted by atomic mass is 79.9. The van der Waals surface area contributed by atoms with Crippen LogP contribution < -0.4 is 5.48 Å². The molecule has 2 rings (SSSR count). The second kappa shape index (κ2) is 5.20. The Morgan fingerprint density at radius 3 is 3.00 bits per heavy atom. The van der Waals surface area contributed by atoms with E-state index in [1.807, 2.05) is 18.2 Å². The van der Waals surface area contributed by atoms with E-state index in [0.717, 1.165) is 15.7 Å². The van der Waals surface area contributed by atoms with Gasteiger partial charge in [-0.05, 0) is 33.6 Å². The molecule has 1 N–H and O–H groups in total. The summed E-state index contributed by atoms with van der Waals surface area (Å²) in [7, 11) is 1.60. The van der Waals surface area contributed by atoms with Crippen LogP contribution in [0.15, 0.2) is 35.3 Å². The van der Waals surface area contributed by atoms with E-state index in [0.29, 0.717) is 6.54 Å². The van der Waals surface area contributed by atoms with Crippen LogP contribution in [-0.2, 0) is 11.4 Å². The Morgan fingerprint density at radius 2 is 2.38 bits per heavy atom. The molecule has 0 radical (unpaired) electrons. The molecule has 0 atom stereocenters. The first kappa shape index (κ1) is 11.3. The molecule has 0 bridgehead atoms. The van der Waals surface area contributed by atoms with Gasteiger partial charge in [0, 0.05) is 11.0 Å². The van der Waals surface area contributed by atoms with Gasteiger partial charge >= 0.3 is 0 Å². The number of benzene rings is 1. The minimum absolute atomic E-state index is 0.659. The van der Waals surface area contributed by atoms with Crippen molar-refractivity contribution >= 4 is 15.9 Å². The fourth-order valence-electron chi connectivity index (χ4n) is 1.33. The zero-order chi connectivity index (χ0) is 11.4. The lowest BCUT2D eigenvalue weighted by molar-refractivity contribution is 0.0867. The van der Waals surface area contributed by atoms with Crippen LogP contribution in [0, 0.1) is 0 Å². The molecule has 1 heterocycles. The topological polar surface area (TPSA) is 52.0 Å². The first-order chi connectivity index (χ1) is 7.81. The van der Waals surface area contributed by atoms with Crippen molar-refractivity contribution in [1.82, 2.24) is 20.2 Å². The molecule has 0 saturated heterocycles. The van der Waals surface area contributed by atoms with Gasteiger partial charge in [0.25, 0.3) is 0 Å². The minimum Gasteiger partial charge on any atom is -0.305 e. The molecule has 0 amide bonds. The highest BCUT2D eigenvalue weighted by Crippen LogP contribution is 2.21. The van der Waals surface area contributed by atoms with E-state index in [4.69, 9.17) is 4.84 Å². The van der Waals surface area contributed by atoms with Crippen LogP contribution in [0.2, 0.25) is 0 Å². The quantitative estimate of drug-likeness (QED) is 0.867. The fourth-order valence-corrected chi connectivity index (χ4v) is 1.94. The first-order valence-corrected chi connectivity index (χ1v) is 5.50. The van der Waals surface area contributed by atoms with Gasteiger partial charge in [-0.15, -0.1) is 0 Å². The Bertz CT molecular complexity index is 458. The van der Waals surface area contributed by atoms with Crippen LogP contribution >= 0.6 is 15.9 Å². The summed E-state index contributed by atoms with van der Waals surface area (Å²) in [4.78, 5) is 8.71. The summed E-state index contributed by atoms with van der Waals surface area (Å²) < 4.78 is 2.67. The maximum atomic E-state index is 4.80. The third kappa shape index (κ3) is 2.46. The summed E-state index contributed by atoms with van der Waals surface area (Å²) in [6.45, 7) is 0.659. The van der Waals surface area contributed by atoms with E-state index in [1.165, 1.54) is 6.33 Å². The second-order valence-corrected chi connectivity index (χ2v) is 4.01. The van der Waals surface area contributed by atoms with E-state index >= 15 is 0 Å². The van der Waals surface area contributed by atoms with Crippen LogP contribution in [-0.4, -0.2) is 21.9 Å². The molecule has 2 aromatic rings. The molecule has 1 aromatic carbocycles. The van der Waals surface area contributed by atoms with Gasteiger partial charge in [-0.2, -0.15) is 10.6 Å². The maximum absolute atomic E-state index is 4.80. The van der Waals surface area contributed by atoms with Crippen LogP contribution in [0.25, 0.3) is 5.69 Å². The summed E-state index contributed by atoms with van der Waals surface area (Å²) in [5.74, 6) is 0. The Balaban J connectivity index is 2.23. The molecule has 0 unspecified atom stereocenters. The molecule has 6 heteroatoms. The van der Waals surface area contributed by atoms with E-state index in [9.17, 15) is 0 Å². The summed E-state index contributed by atoms with van der Waals surface area (Å²) in [6.07, 6.45) is 3.17. The van der Waals surface area contributed by atoms with Gasteiger partial charge in [0.15, 0.2) is 0 Å². The summed E-state index contributed by atoms with van der Waals surface area (Å²) in [5.41, 5.74) is 4.87. The maximum Gasteiger partial charge on any atom is 0.138 e. The number of halogens is 1. The number of nitrogens with one attached hydrogen (secondary N) is 1. The SMILES string of the molecule is CONCc1ccc(-n2cncn2)c(Br)c1. The van der Waals surface area contributed by atoms with Crippen LogP contribution in [0.1, 0.15) is 5.56 Å². The summed E-state index contributed by atoms with van der Waals surface area (Å²) in [5, 5.41) is 4.07. The van der Waals surface area contributed by atoms with Crippen LogP contribution in [0.3, 0.4) is 0 Å². The summed E-state index contributed by atoms with van der Waals surface area (Å²) >= 11 is 3.50. The highest BCUT2D eigenvalue weighted by Gasteiger charge is 2.03. The van der Waals surface area contributed by atoms with Gasteiger partial charge in [-0.1, -0.05) is 6.07 Å².